The van der Waals surface area contributed by atoms with E-state index in [0.717, 1.165) is 16.0 Å². The number of nitrogens with zero attached hydrogens (tertiary/aromatic N) is 2. The number of alkyl halides is 2. The van der Waals surface area contributed by atoms with Gasteiger partial charge in [-0.1, -0.05) is 53.5 Å². The molecule has 0 aliphatic heterocycles. The van der Waals surface area contributed by atoms with Gasteiger partial charge in [0.25, 0.3) is 5.91 Å². The Morgan fingerprint density at radius 1 is 1.11 bits per heavy atom. The van der Waals surface area contributed by atoms with Crippen molar-refractivity contribution in [1.82, 2.24) is 9.80 Å². The first-order valence-corrected chi connectivity index (χ1v) is 10.6. The number of halogens is 2. The van der Waals surface area contributed by atoms with E-state index in [1.165, 1.54) is 12.0 Å². The van der Waals surface area contributed by atoms with Crippen LogP contribution in [-0.4, -0.2) is 53.3 Å². The molecule has 0 bridgehead atoms. The predicted molar refractivity (Wildman–Crippen MR) is 114 cm³/mol. The molecule has 5 nitrogen and oxygen atoms in total. The molecule has 2 aromatic rings. The number of methoxy groups -OCH3 is 1. The highest BCUT2D eigenvalue weighted by Crippen LogP contribution is 2.20. The molecule has 0 unspecified atom stereocenters. The SMILES string of the molecule is COCCN(CC(=O)N(Cc1ccccc1)Cc1sccc1C)C(=O)C(Cl)Cl. The third kappa shape index (κ3) is 6.78. The summed E-state index contributed by atoms with van der Waals surface area (Å²) < 4.78 is 5.04. The molecule has 0 spiro atoms. The Morgan fingerprint density at radius 2 is 1.82 bits per heavy atom. The Kier molecular flexibility index (Phi) is 9.25. The van der Waals surface area contributed by atoms with Gasteiger partial charge in [-0.05, 0) is 29.5 Å². The van der Waals surface area contributed by atoms with E-state index < -0.39 is 10.7 Å². The largest absolute Gasteiger partial charge is 0.383 e. The third-order valence-electron chi connectivity index (χ3n) is 4.26. The lowest BCUT2D eigenvalue weighted by molar-refractivity contribution is -0.140. The van der Waals surface area contributed by atoms with E-state index in [9.17, 15) is 9.59 Å². The van der Waals surface area contributed by atoms with E-state index in [1.54, 1.807) is 16.2 Å². The summed E-state index contributed by atoms with van der Waals surface area (Å²) in [6.45, 7) is 3.39. The van der Waals surface area contributed by atoms with Crippen LogP contribution in [-0.2, 0) is 27.4 Å². The van der Waals surface area contributed by atoms with E-state index in [1.807, 2.05) is 48.7 Å². The monoisotopic (exact) mass is 442 g/mol. The second-order valence-corrected chi connectivity index (χ2v) is 8.41. The standard InChI is InChI=1S/C20H24Cl2N2O3S/c1-15-8-11-28-17(15)13-24(12-16-6-4-3-5-7-16)18(25)14-23(9-10-27-2)20(26)19(21)22/h3-8,11,19H,9-10,12-14H2,1-2H3. The summed E-state index contributed by atoms with van der Waals surface area (Å²) in [6, 6.07) is 11.8. The molecule has 1 aromatic carbocycles. The van der Waals surface area contributed by atoms with Gasteiger partial charge in [0.05, 0.1) is 19.7 Å². The van der Waals surface area contributed by atoms with Crippen molar-refractivity contribution in [2.75, 3.05) is 26.8 Å². The highest BCUT2D eigenvalue weighted by Gasteiger charge is 2.25. The molecule has 0 aliphatic carbocycles. The lowest BCUT2D eigenvalue weighted by Gasteiger charge is -2.28. The van der Waals surface area contributed by atoms with Crippen LogP contribution < -0.4 is 0 Å². The Morgan fingerprint density at radius 3 is 2.39 bits per heavy atom. The summed E-state index contributed by atoms with van der Waals surface area (Å²) in [7, 11) is 1.53. The molecule has 0 radical (unpaired) electrons. The first kappa shape index (κ1) is 22.7. The van der Waals surface area contributed by atoms with Crippen LogP contribution in [0.2, 0.25) is 0 Å². The summed E-state index contributed by atoms with van der Waals surface area (Å²) in [5, 5.41) is 2.01. The summed E-state index contributed by atoms with van der Waals surface area (Å²) in [4.78, 5) is 28.4. The first-order chi connectivity index (χ1) is 13.4. The number of amides is 2. The fourth-order valence-electron chi connectivity index (χ4n) is 2.65. The van der Waals surface area contributed by atoms with E-state index in [2.05, 4.69) is 0 Å². The quantitative estimate of drug-likeness (QED) is 0.524. The van der Waals surface area contributed by atoms with Gasteiger partial charge in [-0.25, -0.2) is 0 Å². The number of ether oxygens (including phenoxy) is 1. The average molecular weight is 443 g/mol. The highest BCUT2D eigenvalue weighted by molar-refractivity contribution is 7.10. The van der Waals surface area contributed by atoms with Gasteiger partial charge in [0.15, 0.2) is 4.84 Å². The number of carbonyl (C=O) groups is 2. The van der Waals surface area contributed by atoms with Crippen LogP contribution in [0.4, 0.5) is 0 Å². The van der Waals surface area contributed by atoms with Crippen molar-refractivity contribution in [3.63, 3.8) is 0 Å². The molecule has 152 valence electrons. The van der Waals surface area contributed by atoms with Crippen molar-refractivity contribution in [3.05, 3.63) is 57.8 Å². The number of carbonyl (C=O) groups excluding carboxylic acids is 2. The van der Waals surface area contributed by atoms with Gasteiger partial charge >= 0.3 is 0 Å². The number of thiophene rings is 1. The molecule has 0 saturated carbocycles. The number of hydrogen-bond donors (Lipinski definition) is 0. The lowest BCUT2D eigenvalue weighted by Crippen LogP contribution is -2.45. The first-order valence-electron chi connectivity index (χ1n) is 8.83. The van der Waals surface area contributed by atoms with Crippen LogP contribution in [0.5, 0.6) is 0 Å². The minimum atomic E-state index is -1.22. The van der Waals surface area contributed by atoms with Crippen LogP contribution >= 0.6 is 34.5 Å². The van der Waals surface area contributed by atoms with E-state index >= 15 is 0 Å². The Balaban J connectivity index is 2.18. The zero-order valence-electron chi connectivity index (χ0n) is 15.9. The smallest absolute Gasteiger partial charge is 0.256 e. The maximum absolute atomic E-state index is 13.1. The van der Waals surface area contributed by atoms with Gasteiger partial charge in [-0.3, -0.25) is 9.59 Å². The number of benzene rings is 1. The molecule has 2 amide bonds. The van der Waals surface area contributed by atoms with Gasteiger partial charge < -0.3 is 14.5 Å². The van der Waals surface area contributed by atoms with Gasteiger partial charge in [-0.2, -0.15) is 0 Å². The van der Waals surface area contributed by atoms with E-state index in [0.29, 0.717) is 19.7 Å². The summed E-state index contributed by atoms with van der Waals surface area (Å²) in [5.41, 5.74) is 2.16. The maximum atomic E-state index is 13.1. The van der Waals surface area contributed by atoms with Crippen LogP contribution in [0.25, 0.3) is 0 Å². The molecule has 1 heterocycles. The zero-order chi connectivity index (χ0) is 20.5. The van der Waals surface area contributed by atoms with Gasteiger partial charge in [-0.15, -0.1) is 11.3 Å². The average Bonchev–Trinajstić information content (AvgIpc) is 3.09. The minimum Gasteiger partial charge on any atom is -0.383 e. The van der Waals surface area contributed by atoms with E-state index in [4.69, 9.17) is 27.9 Å². The molecular formula is C20H24Cl2N2O3S. The Hall–Kier alpha value is -1.60. The Bertz CT molecular complexity index is 768. The molecule has 0 fully saturated rings. The number of hydrogen-bond acceptors (Lipinski definition) is 4. The van der Waals surface area contributed by atoms with Crippen LogP contribution in [0, 0.1) is 6.92 Å². The van der Waals surface area contributed by atoms with Gasteiger partial charge in [0, 0.05) is 25.1 Å². The summed E-state index contributed by atoms with van der Waals surface area (Å²) >= 11 is 13.1. The third-order valence-corrected chi connectivity index (χ3v) is 5.64. The second-order valence-electron chi connectivity index (χ2n) is 6.32. The van der Waals surface area contributed by atoms with Crippen molar-refractivity contribution in [2.45, 2.75) is 24.8 Å². The Labute approximate surface area is 179 Å². The van der Waals surface area contributed by atoms with Crippen LogP contribution in [0.15, 0.2) is 41.8 Å². The maximum Gasteiger partial charge on any atom is 0.256 e. The van der Waals surface area contributed by atoms with Crippen molar-refractivity contribution in [2.24, 2.45) is 0 Å². The number of rotatable bonds is 10. The van der Waals surface area contributed by atoms with Gasteiger partial charge in [0.1, 0.15) is 0 Å². The second kappa shape index (κ2) is 11.4. The topological polar surface area (TPSA) is 49.9 Å². The molecule has 0 N–H and O–H groups in total. The molecule has 8 heteroatoms. The lowest BCUT2D eigenvalue weighted by atomic mass is 10.2. The number of aryl methyl sites for hydroxylation is 1. The zero-order valence-corrected chi connectivity index (χ0v) is 18.3. The highest BCUT2D eigenvalue weighted by atomic mass is 35.5. The summed E-state index contributed by atoms with van der Waals surface area (Å²) in [6.07, 6.45) is 0. The van der Waals surface area contributed by atoms with Crippen LogP contribution in [0.3, 0.4) is 0 Å². The molecule has 2 rings (SSSR count). The van der Waals surface area contributed by atoms with Crippen LogP contribution in [0.1, 0.15) is 16.0 Å². The molecule has 0 aliphatic rings. The van der Waals surface area contributed by atoms with Crippen molar-refractivity contribution < 1.29 is 14.3 Å². The van der Waals surface area contributed by atoms with Crippen molar-refractivity contribution >= 4 is 46.4 Å². The summed E-state index contributed by atoms with van der Waals surface area (Å²) in [5.74, 6) is -0.671. The fourth-order valence-corrected chi connectivity index (χ4v) is 3.84. The molecule has 0 saturated heterocycles. The molecular weight excluding hydrogens is 419 g/mol. The molecule has 1 aromatic heterocycles. The van der Waals surface area contributed by atoms with E-state index in [-0.39, 0.29) is 19.0 Å². The molecule has 28 heavy (non-hydrogen) atoms. The predicted octanol–water partition coefficient (Wildman–Crippen LogP) is 3.86. The van der Waals surface area contributed by atoms with Gasteiger partial charge in [0.2, 0.25) is 5.91 Å². The molecule has 0 atom stereocenters. The fraction of sp³-hybridized carbons (Fsp3) is 0.400. The normalized spacial score (nSPS) is 10.9. The van der Waals surface area contributed by atoms with Crippen molar-refractivity contribution in [3.8, 4) is 0 Å². The van der Waals surface area contributed by atoms with Crippen molar-refractivity contribution in [1.29, 1.82) is 0 Å². The minimum absolute atomic E-state index is 0.102.